The monoisotopic (exact) mass is 576 g/mol. The van der Waals surface area contributed by atoms with Crippen LogP contribution in [0.3, 0.4) is 0 Å². The molecule has 0 aliphatic rings. The molecule has 216 valence electrons. The quantitative estimate of drug-likeness (QED) is 0.281. The second kappa shape index (κ2) is 12.9. The van der Waals surface area contributed by atoms with Crippen LogP contribution in [-0.2, 0) is 15.9 Å². The van der Waals surface area contributed by atoms with Crippen LogP contribution >= 0.6 is 12.2 Å². The molecular formula is C31H36N4O5S. The van der Waals surface area contributed by atoms with Crippen molar-refractivity contribution in [1.82, 2.24) is 15.2 Å². The number of thiocarbonyl (C=S) groups is 1. The zero-order chi connectivity index (χ0) is 30.4. The summed E-state index contributed by atoms with van der Waals surface area (Å²) in [5, 5.41) is 6.23. The van der Waals surface area contributed by atoms with Crippen LogP contribution < -0.4 is 16.4 Å². The molecule has 0 bridgehead atoms. The minimum absolute atomic E-state index is 0.146. The number of hydrogen-bond donors (Lipinski definition) is 3. The first kappa shape index (κ1) is 31.2. The standard InChI is InChI=1S/C31H36N4O5S/c1-30(2,3)39-28(37)34-16-7-8-20-9-12-22(13-10-20)27(36)33-17-15-21-11-14-25-23(18-21)24(26(32)41)19-35(25)29(38)40-31(4,5)6/h9-14,18-19H,15-17H2,1-6H3,(H2,32,41)(H,33,36)(H,34,37). The summed E-state index contributed by atoms with van der Waals surface area (Å²) >= 11 is 5.21. The summed E-state index contributed by atoms with van der Waals surface area (Å²) in [6.07, 6.45) is 1.11. The van der Waals surface area contributed by atoms with E-state index in [1.165, 1.54) is 4.57 Å². The number of carbonyl (C=O) groups excluding carboxylic acids is 3. The van der Waals surface area contributed by atoms with Crippen LogP contribution in [-0.4, -0.2) is 51.9 Å². The number of carbonyl (C=O) groups is 3. The molecule has 0 atom stereocenters. The summed E-state index contributed by atoms with van der Waals surface area (Å²) in [4.78, 5) is 37.2. The molecular weight excluding hydrogens is 540 g/mol. The molecule has 4 N–H and O–H groups in total. The Morgan fingerprint density at radius 2 is 1.61 bits per heavy atom. The molecule has 0 fully saturated rings. The van der Waals surface area contributed by atoms with Crippen molar-refractivity contribution in [3.63, 3.8) is 0 Å². The number of fused-ring (bicyclic) bond motifs is 1. The van der Waals surface area contributed by atoms with Gasteiger partial charge in [-0.25, -0.2) is 9.59 Å². The van der Waals surface area contributed by atoms with Crippen LogP contribution in [0, 0.1) is 11.8 Å². The summed E-state index contributed by atoms with van der Waals surface area (Å²) < 4.78 is 12.1. The second-order valence-electron chi connectivity index (χ2n) is 11.3. The second-order valence-corrected chi connectivity index (χ2v) is 11.8. The lowest BCUT2D eigenvalue weighted by Crippen LogP contribution is -2.32. The average molecular weight is 577 g/mol. The Labute approximate surface area is 245 Å². The topological polar surface area (TPSA) is 125 Å². The zero-order valence-electron chi connectivity index (χ0n) is 24.2. The van der Waals surface area contributed by atoms with E-state index in [9.17, 15) is 14.4 Å². The van der Waals surface area contributed by atoms with Crippen molar-refractivity contribution in [3.8, 4) is 11.8 Å². The molecule has 0 radical (unpaired) electrons. The maximum atomic E-state index is 12.7. The molecule has 0 unspecified atom stereocenters. The van der Waals surface area contributed by atoms with Gasteiger partial charge in [-0.05, 0) is 89.9 Å². The molecule has 2 amide bonds. The Morgan fingerprint density at radius 1 is 0.951 bits per heavy atom. The highest BCUT2D eigenvalue weighted by molar-refractivity contribution is 7.80. The van der Waals surface area contributed by atoms with E-state index < -0.39 is 23.4 Å². The third-order valence-corrected chi connectivity index (χ3v) is 5.74. The summed E-state index contributed by atoms with van der Waals surface area (Å²) in [6.45, 7) is 11.3. The van der Waals surface area contributed by atoms with Crippen molar-refractivity contribution in [2.24, 2.45) is 5.73 Å². The van der Waals surface area contributed by atoms with E-state index in [1.807, 2.05) is 18.2 Å². The highest BCUT2D eigenvalue weighted by Crippen LogP contribution is 2.25. The lowest BCUT2D eigenvalue weighted by Gasteiger charge is -2.19. The van der Waals surface area contributed by atoms with Gasteiger partial charge in [-0.3, -0.25) is 9.36 Å². The van der Waals surface area contributed by atoms with Gasteiger partial charge in [-0.1, -0.05) is 30.1 Å². The minimum atomic E-state index is -0.649. The highest BCUT2D eigenvalue weighted by Gasteiger charge is 2.21. The molecule has 10 heteroatoms. The first-order valence-electron chi connectivity index (χ1n) is 13.1. The lowest BCUT2D eigenvalue weighted by molar-refractivity contribution is 0.0527. The smallest absolute Gasteiger partial charge is 0.419 e. The number of amides is 2. The van der Waals surface area contributed by atoms with Crippen LogP contribution in [0.2, 0.25) is 0 Å². The van der Waals surface area contributed by atoms with Gasteiger partial charge >= 0.3 is 12.2 Å². The fraction of sp³-hybridized carbons (Fsp3) is 0.355. The van der Waals surface area contributed by atoms with Gasteiger partial charge in [0, 0.05) is 34.8 Å². The molecule has 2 aromatic carbocycles. The predicted octanol–water partition coefficient (Wildman–Crippen LogP) is 4.91. The molecule has 0 spiro atoms. The van der Waals surface area contributed by atoms with Crippen molar-refractivity contribution >= 4 is 46.2 Å². The third kappa shape index (κ3) is 9.36. The first-order valence-corrected chi connectivity index (χ1v) is 13.5. The van der Waals surface area contributed by atoms with E-state index in [0.717, 1.165) is 10.9 Å². The average Bonchev–Trinajstić information content (AvgIpc) is 3.24. The minimum Gasteiger partial charge on any atom is -0.444 e. The van der Waals surface area contributed by atoms with Gasteiger partial charge in [0.2, 0.25) is 0 Å². The van der Waals surface area contributed by atoms with Crippen molar-refractivity contribution in [1.29, 1.82) is 0 Å². The molecule has 3 aromatic rings. The van der Waals surface area contributed by atoms with E-state index in [0.29, 0.717) is 35.2 Å². The van der Waals surface area contributed by atoms with Crippen LogP contribution in [0.5, 0.6) is 0 Å². The third-order valence-electron chi connectivity index (χ3n) is 5.52. The van der Waals surface area contributed by atoms with E-state index >= 15 is 0 Å². The number of nitrogens with two attached hydrogens (primary N) is 1. The van der Waals surface area contributed by atoms with Crippen molar-refractivity contribution in [3.05, 3.63) is 70.9 Å². The van der Waals surface area contributed by atoms with Crippen LogP contribution in [0.1, 0.15) is 68.6 Å². The number of nitrogens with one attached hydrogen (secondary N) is 2. The predicted molar refractivity (Wildman–Crippen MR) is 163 cm³/mol. The molecule has 41 heavy (non-hydrogen) atoms. The van der Waals surface area contributed by atoms with Crippen molar-refractivity contribution in [2.75, 3.05) is 13.1 Å². The Kier molecular flexibility index (Phi) is 9.79. The summed E-state index contributed by atoms with van der Waals surface area (Å²) in [7, 11) is 0. The van der Waals surface area contributed by atoms with E-state index in [2.05, 4.69) is 22.5 Å². The Morgan fingerprint density at radius 3 is 2.22 bits per heavy atom. The lowest BCUT2D eigenvalue weighted by atomic mass is 10.1. The zero-order valence-corrected chi connectivity index (χ0v) is 25.0. The molecule has 0 saturated heterocycles. The first-order chi connectivity index (χ1) is 19.1. The highest BCUT2D eigenvalue weighted by atomic mass is 32.1. The molecule has 0 saturated carbocycles. The SMILES string of the molecule is CC(C)(C)OC(=O)NCC#Cc1ccc(C(=O)NCCc2ccc3c(c2)c(C(N)=S)cn3C(=O)OC(C)(C)C)cc1. The van der Waals surface area contributed by atoms with Crippen LogP contribution in [0.25, 0.3) is 10.9 Å². The Hall–Kier alpha value is -4.36. The van der Waals surface area contributed by atoms with E-state index in [1.54, 1.807) is 72.0 Å². The van der Waals surface area contributed by atoms with Gasteiger partial charge < -0.3 is 25.8 Å². The molecule has 9 nitrogen and oxygen atoms in total. The largest absolute Gasteiger partial charge is 0.444 e. The fourth-order valence-corrected chi connectivity index (χ4v) is 3.96. The van der Waals surface area contributed by atoms with E-state index in [-0.39, 0.29) is 17.4 Å². The van der Waals surface area contributed by atoms with Gasteiger partial charge in [0.1, 0.15) is 16.2 Å². The summed E-state index contributed by atoms with van der Waals surface area (Å²) in [5.41, 5.74) is 8.09. The van der Waals surface area contributed by atoms with Gasteiger partial charge in [-0.2, -0.15) is 0 Å². The normalized spacial score (nSPS) is 11.3. The maximum Gasteiger partial charge on any atom is 0.419 e. The number of rotatable bonds is 6. The fourth-order valence-electron chi connectivity index (χ4n) is 3.80. The summed E-state index contributed by atoms with van der Waals surface area (Å²) in [5.74, 6) is 5.58. The molecule has 0 aliphatic carbocycles. The van der Waals surface area contributed by atoms with Crippen molar-refractivity contribution < 1.29 is 23.9 Å². The number of ether oxygens (including phenoxy) is 2. The number of hydrogen-bond acceptors (Lipinski definition) is 6. The maximum absolute atomic E-state index is 12.7. The molecule has 1 heterocycles. The number of nitrogens with zero attached hydrogens (tertiary/aromatic N) is 1. The van der Waals surface area contributed by atoms with Gasteiger partial charge in [-0.15, -0.1) is 0 Å². The number of benzene rings is 2. The Bertz CT molecular complexity index is 1520. The molecule has 1 aromatic heterocycles. The number of aromatic nitrogens is 1. The van der Waals surface area contributed by atoms with Gasteiger partial charge in [0.15, 0.2) is 0 Å². The van der Waals surface area contributed by atoms with Crippen LogP contribution in [0.15, 0.2) is 48.7 Å². The van der Waals surface area contributed by atoms with Gasteiger partial charge in [0.05, 0.1) is 12.1 Å². The molecule has 0 aliphatic heterocycles. The molecule has 3 rings (SSSR count). The van der Waals surface area contributed by atoms with Crippen LogP contribution in [0.4, 0.5) is 9.59 Å². The summed E-state index contributed by atoms with van der Waals surface area (Å²) in [6, 6.07) is 12.5. The number of alkyl carbamates (subject to hydrolysis) is 1. The Balaban J connectivity index is 1.58. The van der Waals surface area contributed by atoms with E-state index in [4.69, 9.17) is 27.4 Å². The van der Waals surface area contributed by atoms with Gasteiger partial charge in [0.25, 0.3) is 5.91 Å². The van der Waals surface area contributed by atoms with Crippen molar-refractivity contribution in [2.45, 2.75) is 59.2 Å².